The van der Waals surface area contributed by atoms with Crippen molar-refractivity contribution in [2.24, 2.45) is 0 Å². The maximum absolute atomic E-state index is 12.4. The minimum Gasteiger partial charge on any atom is -0.325 e. The van der Waals surface area contributed by atoms with Crippen LogP contribution in [0.5, 0.6) is 0 Å². The van der Waals surface area contributed by atoms with Crippen molar-refractivity contribution < 1.29 is 4.79 Å². The van der Waals surface area contributed by atoms with Crippen molar-refractivity contribution in [1.29, 1.82) is 0 Å². The highest BCUT2D eigenvalue weighted by Crippen LogP contribution is 2.30. The Bertz CT molecular complexity index is 1230. The number of benzene rings is 3. The van der Waals surface area contributed by atoms with Gasteiger partial charge in [-0.15, -0.1) is 10.2 Å². The number of carbonyl (C=O) groups is 1. The van der Waals surface area contributed by atoms with Crippen LogP contribution in [0.2, 0.25) is 0 Å². The van der Waals surface area contributed by atoms with E-state index in [0.717, 1.165) is 32.7 Å². The standard InChI is InChI=1S/C25H21BrN4OS/c1-16-3-7-18(8-4-16)23-24(19-9-5-17(2)6-10-19)29-30-25(28-23)32-15-22(31)27-21-13-11-20(26)12-14-21/h3-14H,15H2,1-2H3,(H,27,31). The van der Waals surface area contributed by atoms with Gasteiger partial charge in [-0.25, -0.2) is 4.98 Å². The Morgan fingerprint density at radius 1 is 0.812 bits per heavy atom. The molecule has 5 nitrogen and oxygen atoms in total. The predicted molar refractivity (Wildman–Crippen MR) is 134 cm³/mol. The van der Waals surface area contributed by atoms with E-state index in [1.54, 1.807) is 0 Å². The highest BCUT2D eigenvalue weighted by molar-refractivity contribution is 9.10. The van der Waals surface area contributed by atoms with E-state index in [1.165, 1.54) is 22.9 Å². The molecule has 4 aromatic rings. The molecule has 1 aromatic heterocycles. The summed E-state index contributed by atoms with van der Waals surface area (Å²) in [6.07, 6.45) is 0. The van der Waals surface area contributed by atoms with Crippen LogP contribution in [0.1, 0.15) is 11.1 Å². The lowest BCUT2D eigenvalue weighted by atomic mass is 10.0. The molecule has 3 aromatic carbocycles. The largest absolute Gasteiger partial charge is 0.325 e. The summed E-state index contributed by atoms with van der Waals surface area (Å²) in [5.74, 6) is 0.0648. The molecule has 0 aliphatic heterocycles. The Morgan fingerprint density at radius 2 is 1.38 bits per heavy atom. The number of anilines is 1. The Kier molecular flexibility index (Phi) is 6.97. The fourth-order valence-electron chi connectivity index (χ4n) is 3.05. The van der Waals surface area contributed by atoms with Crippen LogP contribution in [0, 0.1) is 13.8 Å². The van der Waals surface area contributed by atoms with E-state index < -0.39 is 0 Å². The molecule has 0 bridgehead atoms. The first-order chi connectivity index (χ1) is 15.5. The maximum atomic E-state index is 12.4. The summed E-state index contributed by atoms with van der Waals surface area (Å²) in [5, 5.41) is 12.1. The number of aryl methyl sites for hydroxylation is 2. The van der Waals surface area contributed by atoms with Gasteiger partial charge in [0.05, 0.1) is 5.75 Å². The fraction of sp³-hybridized carbons (Fsp3) is 0.120. The minimum absolute atomic E-state index is 0.125. The second kappa shape index (κ2) is 10.1. The average Bonchev–Trinajstić information content (AvgIpc) is 2.80. The molecule has 32 heavy (non-hydrogen) atoms. The predicted octanol–water partition coefficient (Wildman–Crippen LogP) is 6.32. The minimum atomic E-state index is -0.125. The number of hydrogen-bond donors (Lipinski definition) is 1. The van der Waals surface area contributed by atoms with E-state index in [4.69, 9.17) is 4.98 Å². The third-order valence-corrected chi connectivity index (χ3v) is 6.14. The van der Waals surface area contributed by atoms with Gasteiger partial charge in [-0.3, -0.25) is 4.79 Å². The molecule has 0 radical (unpaired) electrons. The van der Waals surface area contributed by atoms with Gasteiger partial charge in [0.15, 0.2) is 0 Å². The van der Waals surface area contributed by atoms with E-state index in [0.29, 0.717) is 5.16 Å². The molecular weight excluding hydrogens is 484 g/mol. The molecule has 1 N–H and O–H groups in total. The van der Waals surface area contributed by atoms with Crippen molar-refractivity contribution in [3.8, 4) is 22.5 Å². The van der Waals surface area contributed by atoms with Crippen LogP contribution in [0.4, 0.5) is 5.69 Å². The van der Waals surface area contributed by atoms with E-state index >= 15 is 0 Å². The number of aromatic nitrogens is 3. The van der Waals surface area contributed by atoms with Gasteiger partial charge in [-0.2, -0.15) is 0 Å². The van der Waals surface area contributed by atoms with Gasteiger partial charge in [-0.05, 0) is 38.1 Å². The zero-order valence-corrected chi connectivity index (χ0v) is 20.1. The van der Waals surface area contributed by atoms with E-state index in [1.807, 2.05) is 74.5 Å². The first kappa shape index (κ1) is 22.2. The van der Waals surface area contributed by atoms with Crippen LogP contribution in [-0.4, -0.2) is 26.8 Å². The van der Waals surface area contributed by atoms with Crippen LogP contribution in [0.3, 0.4) is 0 Å². The van der Waals surface area contributed by atoms with Gasteiger partial charge in [0, 0.05) is 21.3 Å². The lowest BCUT2D eigenvalue weighted by Crippen LogP contribution is -2.14. The number of nitrogens with one attached hydrogen (secondary N) is 1. The van der Waals surface area contributed by atoms with Crippen molar-refractivity contribution in [3.05, 3.63) is 88.4 Å². The zero-order chi connectivity index (χ0) is 22.5. The average molecular weight is 505 g/mol. The first-order valence-corrected chi connectivity index (χ1v) is 11.8. The fourth-order valence-corrected chi connectivity index (χ4v) is 3.90. The molecule has 0 aliphatic rings. The molecule has 160 valence electrons. The Labute approximate surface area is 199 Å². The molecular formula is C25H21BrN4OS. The summed E-state index contributed by atoms with van der Waals surface area (Å²) >= 11 is 4.65. The van der Waals surface area contributed by atoms with E-state index in [-0.39, 0.29) is 11.7 Å². The molecule has 0 saturated carbocycles. The van der Waals surface area contributed by atoms with Crippen molar-refractivity contribution in [1.82, 2.24) is 15.2 Å². The van der Waals surface area contributed by atoms with Crippen molar-refractivity contribution >= 4 is 39.3 Å². The topological polar surface area (TPSA) is 67.8 Å². The zero-order valence-electron chi connectivity index (χ0n) is 17.7. The normalized spacial score (nSPS) is 10.7. The summed E-state index contributed by atoms with van der Waals surface area (Å²) in [6.45, 7) is 4.10. The number of hydrogen-bond acceptors (Lipinski definition) is 5. The SMILES string of the molecule is Cc1ccc(-c2nnc(SCC(=O)Nc3ccc(Br)cc3)nc2-c2ccc(C)cc2)cc1. The molecule has 0 spiro atoms. The third-order valence-electron chi connectivity index (χ3n) is 4.78. The van der Waals surface area contributed by atoms with Crippen LogP contribution < -0.4 is 5.32 Å². The quantitative estimate of drug-likeness (QED) is 0.311. The molecule has 1 heterocycles. The molecule has 0 unspecified atom stereocenters. The van der Waals surface area contributed by atoms with Crippen LogP contribution in [0.15, 0.2) is 82.4 Å². The molecule has 0 saturated heterocycles. The summed E-state index contributed by atoms with van der Waals surface area (Å²) in [7, 11) is 0. The molecule has 0 atom stereocenters. The maximum Gasteiger partial charge on any atom is 0.234 e. The van der Waals surface area contributed by atoms with Crippen molar-refractivity contribution in [3.63, 3.8) is 0 Å². The third kappa shape index (κ3) is 5.60. The van der Waals surface area contributed by atoms with Crippen LogP contribution in [0.25, 0.3) is 22.5 Å². The summed E-state index contributed by atoms with van der Waals surface area (Å²) in [5.41, 5.74) is 6.48. The second-order valence-corrected chi connectivity index (χ2v) is 9.23. The molecule has 1 amide bonds. The summed E-state index contributed by atoms with van der Waals surface area (Å²) < 4.78 is 0.960. The van der Waals surface area contributed by atoms with Gasteiger partial charge in [0.25, 0.3) is 0 Å². The number of carbonyl (C=O) groups excluding carboxylic acids is 1. The molecule has 7 heteroatoms. The lowest BCUT2D eigenvalue weighted by Gasteiger charge is -2.10. The molecule has 0 fully saturated rings. The summed E-state index contributed by atoms with van der Waals surface area (Å²) in [4.78, 5) is 17.1. The monoisotopic (exact) mass is 504 g/mol. The number of amides is 1. The van der Waals surface area contributed by atoms with E-state index in [9.17, 15) is 4.79 Å². The van der Waals surface area contributed by atoms with Crippen molar-refractivity contribution in [2.75, 3.05) is 11.1 Å². The Morgan fingerprint density at radius 3 is 1.97 bits per heavy atom. The smallest absolute Gasteiger partial charge is 0.234 e. The number of halogens is 1. The van der Waals surface area contributed by atoms with Crippen LogP contribution >= 0.6 is 27.7 Å². The number of thioether (sulfide) groups is 1. The van der Waals surface area contributed by atoms with Gasteiger partial charge in [0.2, 0.25) is 11.1 Å². The van der Waals surface area contributed by atoms with E-state index in [2.05, 4.69) is 43.6 Å². The molecule has 4 rings (SSSR count). The van der Waals surface area contributed by atoms with Gasteiger partial charge < -0.3 is 5.32 Å². The van der Waals surface area contributed by atoms with Crippen molar-refractivity contribution in [2.45, 2.75) is 19.0 Å². The van der Waals surface area contributed by atoms with Gasteiger partial charge in [-0.1, -0.05) is 87.3 Å². The highest BCUT2D eigenvalue weighted by atomic mass is 79.9. The Balaban J connectivity index is 1.57. The number of nitrogens with zero attached hydrogens (tertiary/aromatic N) is 3. The highest BCUT2D eigenvalue weighted by Gasteiger charge is 2.15. The van der Waals surface area contributed by atoms with Crippen LogP contribution in [-0.2, 0) is 4.79 Å². The number of rotatable bonds is 6. The summed E-state index contributed by atoms with van der Waals surface area (Å²) in [6, 6.07) is 23.8. The Hall–Kier alpha value is -3.03. The van der Waals surface area contributed by atoms with Gasteiger partial charge in [0.1, 0.15) is 11.4 Å². The second-order valence-electron chi connectivity index (χ2n) is 7.37. The first-order valence-electron chi connectivity index (χ1n) is 10.0. The van der Waals surface area contributed by atoms with Gasteiger partial charge >= 0.3 is 0 Å². The molecule has 0 aliphatic carbocycles. The lowest BCUT2D eigenvalue weighted by molar-refractivity contribution is -0.113.